The summed E-state index contributed by atoms with van der Waals surface area (Å²) >= 11 is 4.08. The quantitative estimate of drug-likeness (QED) is 0.0761. The van der Waals surface area contributed by atoms with E-state index in [1.54, 1.807) is 0 Å². The van der Waals surface area contributed by atoms with E-state index in [0.717, 1.165) is 4.90 Å². The minimum Gasteiger partial charge on any atom is -0.480 e. The lowest BCUT2D eigenvalue weighted by Gasteiger charge is -2.29. The lowest BCUT2D eigenvalue weighted by Crippen LogP contribution is -2.60. The van der Waals surface area contributed by atoms with Crippen LogP contribution in [0, 0.1) is 5.92 Å². The van der Waals surface area contributed by atoms with Gasteiger partial charge in [-0.2, -0.15) is 12.6 Å². The number of rotatable bonds is 16. The highest BCUT2D eigenvalue weighted by atomic mass is 32.1. The number of nitrogens with zero attached hydrogens (tertiary/aromatic N) is 1. The Labute approximate surface area is 236 Å². The minimum absolute atomic E-state index is 0.0968. The van der Waals surface area contributed by atoms with Gasteiger partial charge in [0.2, 0.25) is 29.5 Å². The highest BCUT2D eigenvalue weighted by molar-refractivity contribution is 7.80. The first-order valence-electron chi connectivity index (χ1n) is 12.7. The first-order valence-corrected chi connectivity index (χ1v) is 13.4. The molecule has 0 aliphatic carbocycles. The van der Waals surface area contributed by atoms with Gasteiger partial charge in [-0.15, -0.1) is 0 Å². The summed E-state index contributed by atoms with van der Waals surface area (Å²) in [6.07, 6.45) is 0.957. The van der Waals surface area contributed by atoms with Gasteiger partial charge in [0.05, 0.1) is 25.9 Å². The second-order valence-corrected chi connectivity index (χ2v) is 10.1. The number of thiol groups is 1. The number of nitrogens with one attached hydrogen (secondary N) is 4. The van der Waals surface area contributed by atoms with Crippen LogP contribution in [0.25, 0.3) is 0 Å². The summed E-state index contributed by atoms with van der Waals surface area (Å²) < 4.78 is 0. The molecule has 1 heterocycles. The maximum absolute atomic E-state index is 13.1. The van der Waals surface area contributed by atoms with Gasteiger partial charge in [-0.25, -0.2) is 4.79 Å². The molecule has 16 nitrogen and oxygen atoms in total. The van der Waals surface area contributed by atoms with Gasteiger partial charge < -0.3 is 52.3 Å². The number of carboxylic acid groups (broad SMARTS) is 1. The SMILES string of the molecule is CC(C)C[C@H](N)C(=O)N[C@@H](CO)C(=O)N[C@@H](CO)C(=O)N[C@@H](CS)C(=O)N1CCC[C@H]1C(=O)N[C@@H](CO)C(=O)O. The highest BCUT2D eigenvalue weighted by Gasteiger charge is 2.39. The Balaban J connectivity index is 2.86. The standard InChI is InChI=1S/C23H40N6O10S/c1-11(2)6-12(24)18(33)25-13(7-30)19(34)26-14(8-31)20(35)28-16(10-40)22(37)29-5-3-4-17(29)21(36)27-15(9-32)23(38)39/h11-17,30-32,40H,3-10,24H2,1-2H3,(H,25,33)(H,26,34)(H,27,36)(H,28,35)(H,38,39)/t12-,13-,14-,15-,16-,17-/m0/s1. The fraction of sp³-hybridized carbons (Fsp3) is 0.739. The Hall–Kier alpha value is -2.99. The molecule has 1 fully saturated rings. The van der Waals surface area contributed by atoms with E-state index in [0.29, 0.717) is 12.8 Å². The van der Waals surface area contributed by atoms with E-state index in [1.165, 1.54) is 0 Å². The molecule has 1 aliphatic heterocycles. The van der Waals surface area contributed by atoms with E-state index in [9.17, 15) is 39.0 Å². The van der Waals surface area contributed by atoms with Crippen molar-refractivity contribution in [3.8, 4) is 0 Å². The molecule has 0 aromatic rings. The van der Waals surface area contributed by atoms with Crippen molar-refractivity contribution in [1.29, 1.82) is 0 Å². The average Bonchev–Trinajstić information content (AvgIpc) is 3.40. The first kappa shape index (κ1) is 35.0. The molecule has 1 saturated heterocycles. The number of hydrogen-bond donors (Lipinski definition) is 10. The molecule has 0 unspecified atom stereocenters. The molecule has 0 spiro atoms. The summed E-state index contributed by atoms with van der Waals surface area (Å²) in [4.78, 5) is 75.6. The number of likely N-dealkylation sites (tertiary alicyclic amines) is 1. The van der Waals surface area contributed by atoms with Gasteiger partial charge in [-0.3, -0.25) is 24.0 Å². The van der Waals surface area contributed by atoms with E-state index in [2.05, 4.69) is 33.9 Å². The Kier molecular flexibility index (Phi) is 14.9. The molecule has 0 saturated carbocycles. The molecule has 0 radical (unpaired) electrons. The van der Waals surface area contributed by atoms with Crippen molar-refractivity contribution in [2.24, 2.45) is 11.7 Å². The third kappa shape index (κ3) is 10.2. The van der Waals surface area contributed by atoms with Crippen LogP contribution in [0.2, 0.25) is 0 Å². The molecular weight excluding hydrogens is 552 g/mol. The topological polar surface area (TPSA) is 261 Å². The minimum atomic E-state index is -1.57. The third-order valence-electron chi connectivity index (χ3n) is 6.13. The van der Waals surface area contributed by atoms with Crippen molar-refractivity contribution >= 4 is 48.1 Å². The normalized spacial score (nSPS) is 18.7. The maximum atomic E-state index is 13.1. The van der Waals surface area contributed by atoms with Crippen molar-refractivity contribution in [1.82, 2.24) is 26.2 Å². The zero-order valence-electron chi connectivity index (χ0n) is 22.4. The number of aliphatic hydroxyl groups excluding tert-OH is 3. The molecule has 0 aromatic heterocycles. The summed E-state index contributed by atoms with van der Waals surface area (Å²) in [7, 11) is 0. The summed E-state index contributed by atoms with van der Waals surface area (Å²) in [6.45, 7) is 1.27. The number of carbonyl (C=O) groups is 6. The van der Waals surface area contributed by atoms with Crippen LogP contribution < -0.4 is 27.0 Å². The largest absolute Gasteiger partial charge is 0.480 e. The highest BCUT2D eigenvalue weighted by Crippen LogP contribution is 2.19. The fourth-order valence-electron chi connectivity index (χ4n) is 3.97. The molecule has 0 bridgehead atoms. The maximum Gasteiger partial charge on any atom is 0.328 e. The van der Waals surface area contributed by atoms with Crippen LogP contribution in [0.1, 0.15) is 33.1 Å². The Bertz CT molecular complexity index is 923. The molecule has 5 amide bonds. The van der Waals surface area contributed by atoms with E-state index in [1.807, 2.05) is 13.8 Å². The molecule has 40 heavy (non-hydrogen) atoms. The molecule has 17 heteroatoms. The molecule has 10 N–H and O–H groups in total. The molecule has 228 valence electrons. The molecule has 1 rings (SSSR count). The van der Waals surface area contributed by atoms with Crippen molar-refractivity contribution in [2.45, 2.75) is 69.4 Å². The fourth-order valence-corrected chi connectivity index (χ4v) is 4.22. The van der Waals surface area contributed by atoms with Gasteiger partial charge in [0.15, 0.2) is 0 Å². The number of aliphatic hydroxyl groups is 3. The molecule has 1 aliphatic rings. The van der Waals surface area contributed by atoms with Crippen LogP contribution in [0.15, 0.2) is 0 Å². The van der Waals surface area contributed by atoms with Gasteiger partial charge in [0.1, 0.15) is 30.2 Å². The number of amides is 5. The van der Waals surface area contributed by atoms with E-state index in [4.69, 9.17) is 15.9 Å². The predicted molar refractivity (Wildman–Crippen MR) is 143 cm³/mol. The van der Waals surface area contributed by atoms with Crippen LogP contribution in [-0.4, -0.2) is 129 Å². The van der Waals surface area contributed by atoms with E-state index >= 15 is 0 Å². The summed E-state index contributed by atoms with van der Waals surface area (Å²) in [5.41, 5.74) is 5.78. The second-order valence-electron chi connectivity index (χ2n) is 9.74. The van der Waals surface area contributed by atoms with Gasteiger partial charge in [-0.1, -0.05) is 13.8 Å². The number of hydrogen-bond acceptors (Lipinski definition) is 11. The van der Waals surface area contributed by atoms with Crippen LogP contribution in [0.5, 0.6) is 0 Å². The lowest BCUT2D eigenvalue weighted by molar-refractivity contribution is -0.145. The van der Waals surface area contributed by atoms with Gasteiger partial charge in [0.25, 0.3) is 0 Å². The number of nitrogens with two attached hydrogens (primary N) is 1. The summed E-state index contributed by atoms with van der Waals surface area (Å²) in [5.74, 6) is -5.73. The smallest absolute Gasteiger partial charge is 0.328 e. The lowest BCUT2D eigenvalue weighted by atomic mass is 10.0. The van der Waals surface area contributed by atoms with Gasteiger partial charge in [0, 0.05) is 12.3 Å². The number of aliphatic carboxylic acids is 1. The zero-order chi connectivity index (χ0) is 30.6. The zero-order valence-corrected chi connectivity index (χ0v) is 23.3. The van der Waals surface area contributed by atoms with Crippen molar-refractivity contribution in [2.75, 3.05) is 32.1 Å². The molecule has 6 atom stereocenters. The van der Waals surface area contributed by atoms with Gasteiger partial charge in [-0.05, 0) is 25.2 Å². The second kappa shape index (κ2) is 17.0. The first-order chi connectivity index (χ1) is 18.8. The number of carboxylic acids is 1. The monoisotopic (exact) mass is 592 g/mol. The Morgan fingerprint density at radius 3 is 1.80 bits per heavy atom. The average molecular weight is 593 g/mol. The van der Waals surface area contributed by atoms with Crippen molar-refractivity contribution in [3.05, 3.63) is 0 Å². The van der Waals surface area contributed by atoms with Crippen molar-refractivity contribution in [3.63, 3.8) is 0 Å². The number of carbonyl (C=O) groups excluding carboxylic acids is 5. The van der Waals surface area contributed by atoms with Crippen molar-refractivity contribution < 1.29 is 49.2 Å². The molecule has 0 aromatic carbocycles. The molecular formula is C23H40N6O10S. The van der Waals surface area contributed by atoms with Crippen LogP contribution in [-0.2, 0) is 28.8 Å². The summed E-state index contributed by atoms with van der Waals surface area (Å²) in [6, 6.07) is -7.87. The summed E-state index contributed by atoms with van der Waals surface area (Å²) in [5, 5.41) is 46.4. The van der Waals surface area contributed by atoms with Gasteiger partial charge >= 0.3 is 5.97 Å². The Morgan fingerprint density at radius 2 is 1.35 bits per heavy atom. The predicted octanol–water partition coefficient (Wildman–Crippen LogP) is -4.72. The Morgan fingerprint density at radius 1 is 0.850 bits per heavy atom. The van der Waals surface area contributed by atoms with Crippen LogP contribution in [0.3, 0.4) is 0 Å². The van der Waals surface area contributed by atoms with E-state index < -0.39 is 91.6 Å². The van der Waals surface area contributed by atoms with E-state index in [-0.39, 0.29) is 24.6 Å². The third-order valence-corrected chi connectivity index (χ3v) is 6.49. The van der Waals surface area contributed by atoms with Crippen LogP contribution >= 0.6 is 12.6 Å². The van der Waals surface area contributed by atoms with Crippen LogP contribution in [0.4, 0.5) is 0 Å².